The third kappa shape index (κ3) is 2.54. The van der Waals surface area contributed by atoms with Gasteiger partial charge in [0, 0.05) is 25.2 Å². The van der Waals surface area contributed by atoms with E-state index in [1.54, 1.807) is 0 Å². The molecule has 0 amide bonds. The third-order valence-corrected chi connectivity index (χ3v) is 8.40. The summed E-state index contributed by atoms with van der Waals surface area (Å²) in [7, 11) is 0. The molecule has 5 fully saturated rings. The highest BCUT2D eigenvalue weighted by Gasteiger charge is 2.67. The van der Waals surface area contributed by atoms with Gasteiger partial charge >= 0.3 is 0 Å². The standard InChI is InChI=1S/C21H32O5/c1-19(4-2-3-18-23-7-8-24-18)14-17(22)12-15-11-16-13-20(15,19)5-6-21(16)25-9-10-26-21/h15-16,18H,2-14H2,1H3/t15-,16?,19+,20+/m1/s1. The molecule has 2 heterocycles. The van der Waals surface area contributed by atoms with Crippen molar-refractivity contribution < 1.29 is 23.7 Å². The second-order valence-corrected chi connectivity index (χ2v) is 9.54. The molecule has 146 valence electrons. The molecule has 3 aliphatic carbocycles. The Hall–Kier alpha value is -0.490. The molecule has 5 heteroatoms. The maximum atomic E-state index is 12.6. The number of rotatable bonds is 4. The van der Waals surface area contributed by atoms with Crippen LogP contribution in [0.1, 0.15) is 64.7 Å². The Bertz CT molecular complexity index is 565. The van der Waals surface area contributed by atoms with Gasteiger partial charge in [0.1, 0.15) is 5.78 Å². The first-order valence-corrected chi connectivity index (χ1v) is 10.6. The van der Waals surface area contributed by atoms with Crippen LogP contribution in [0, 0.1) is 22.7 Å². The van der Waals surface area contributed by atoms with E-state index in [0.717, 1.165) is 77.8 Å². The van der Waals surface area contributed by atoms with Crippen molar-refractivity contribution in [3.05, 3.63) is 0 Å². The van der Waals surface area contributed by atoms with Crippen LogP contribution in [0.5, 0.6) is 0 Å². The monoisotopic (exact) mass is 364 g/mol. The van der Waals surface area contributed by atoms with Gasteiger partial charge in [-0.2, -0.15) is 0 Å². The van der Waals surface area contributed by atoms with Gasteiger partial charge in [-0.25, -0.2) is 0 Å². The Morgan fingerprint density at radius 3 is 2.58 bits per heavy atom. The minimum atomic E-state index is -0.335. The first-order chi connectivity index (χ1) is 12.6. The van der Waals surface area contributed by atoms with Crippen LogP contribution in [-0.4, -0.2) is 44.3 Å². The van der Waals surface area contributed by atoms with E-state index < -0.39 is 0 Å². The molecule has 0 radical (unpaired) electrons. The molecule has 2 aliphatic heterocycles. The topological polar surface area (TPSA) is 54.0 Å². The van der Waals surface area contributed by atoms with E-state index in [1.165, 1.54) is 6.42 Å². The summed E-state index contributed by atoms with van der Waals surface area (Å²) in [5.74, 6) is 1.12. The highest BCUT2D eigenvalue weighted by Crippen LogP contribution is 2.71. The minimum absolute atomic E-state index is 0.0302. The van der Waals surface area contributed by atoms with Crippen molar-refractivity contribution in [3.8, 4) is 0 Å². The summed E-state index contributed by atoms with van der Waals surface area (Å²) in [5.41, 5.74) is 0.393. The van der Waals surface area contributed by atoms with Crippen LogP contribution in [0.15, 0.2) is 0 Å². The molecule has 3 saturated carbocycles. The fourth-order valence-electron chi connectivity index (χ4n) is 7.20. The second kappa shape index (κ2) is 6.26. The van der Waals surface area contributed by atoms with Crippen molar-refractivity contribution in [2.45, 2.75) is 76.8 Å². The van der Waals surface area contributed by atoms with Crippen LogP contribution in [-0.2, 0) is 23.7 Å². The summed E-state index contributed by atoms with van der Waals surface area (Å²) < 4.78 is 23.4. The molecule has 4 atom stereocenters. The summed E-state index contributed by atoms with van der Waals surface area (Å²) in [6.45, 7) is 5.29. The zero-order chi connectivity index (χ0) is 17.8. The van der Waals surface area contributed by atoms with E-state index >= 15 is 0 Å². The van der Waals surface area contributed by atoms with Gasteiger partial charge in [0.05, 0.1) is 26.4 Å². The highest BCUT2D eigenvalue weighted by molar-refractivity contribution is 5.81. The first-order valence-electron chi connectivity index (χ1n) is 10.6. The van der Waals surface area contributed by atoms with E-state index in [1.807, 2.05) is 0 Å². The molecule has 5 nitrogen and oxygen atoms in total. The van der Waals surface area contributed by atoms with E-state index in [-0.39, 0.29) is 17.5 Å². The lowest BCUT2D eigenvalue weighted by atomic mass is 9.49. The molecule has 0 aromatic rings. The van der Waals surface area contributed by atoms with Crippen molar-refractivity contribution >= 4 is 5.78 Å². The molecule has 0 aromatic heterocycles. The van der Waals surface area contributed by atoms with E-state index in [2.05, 4.69) is 6.92 Å². The quantitative estimate of drug-likeness (QED) is 0.765. The Kier molecular flexibility index (Phi) is 4.24. The lowest BCUT2D eigenvalue weighted by Crippen LogP contribution is -2.52. The Balaban J connectivity index is 1.34. The number of ether oxygens (including phenoxy) is 4. The fraction of sp³-hybridized carbons (Fsp3) is 0.952. The molecule has 0 aromatic carbocycles. The lowest BCUT2D eigenvalue weighted by Gasteiger charge is -2.56. The Labute approximate surface area is 156 Å². The third-order valence-electron chi connectivity index (χ3n) is 8.40. The zero-order valence-electron chi connectivity index (χ0n) is 16.0. The molecule has 1 unspecified atom stereocenters. The molecule has 5 rings (SSSR count). The largest absolute Gasteiger partial charge is 0.350 e. The van der Waals surface area contributed by atoms with Crippen molar-refractivity contribution in [1.82, 2.24) is 0 Å². The van der Waals surface area contributed by atoms with Gasteiger partial charge in [0.15, 0.2) is 12.1 Å². The SMILES string of the molecule is C[C@]1(CCCC2OCCO2)CC(=O)C[C@H]2CC3C[C@@]21CCC31OCCO1. The van der Waals surface area contributed by atoms with Crippen molar-refractivity contribution in [1.29, 1.82) is 0 Å². The molecule has 2 saturated heterocycles. The van der Waals surface area contributed by atoms with Gasteiger partial charge in [-0.3, -0.25) is 4.79 Å². The van der Waals surface area contributed by atoms with Crippen LogP contribution in [0.3, 0.4) is 0 Å². The smallest absolute Gasteiger partial charge is 0.171 e. The number of fused-ring (bicyclic) bond motifs is 2. The normalized spacial score (nSPS) is 44.7. The fourth-order valence-corrected chi connectivity index (χ4v) is 7.20. The van der Waals surface area contributed by atoms with Crippen LogP contribution in [0.4, 0.5) is 0 Å². The minimum Gasteiger partial charge on any atom is -0.350 e. The predicted molar refractivity (Wildman–Crippen MR) is 94.4 cm³/mol. The Morgan fingerprint density at radius 1 is 1.04 bits per heavy atom. The van der Waals surface area contributed by atoms with Gasteiger partial charge in [-0.05, 0) is 55.3 Å². The van der Waals surface area contributed by atoms with Gasteiger partial charge in [0.25, 0.3) is 0 Å². The van der Waals surface area contributed by atoms with Crippen LogP contribution >= 0.6 is 0 Å². The number of ketones is 1. The number of hydrogen-bond acceptors (Lipinski definition) is 5. The number of carbonyl (C=O) groups excluding carboxylic acids is 1. The van der Waals surface area contributed by atoms with E-state index in [9.17, 15) is 4.79 Å². The van der Waals surface area contributed by atoms with Crippen LogP contribution < -0.4 is 0 Å². The molecule has 5 aliphatic rings. The lowest BCUT2D eigenvalue weighted by molar-refractivity contribution is -0.223. The van der Waals surface area contributed by atoms with Gasteiger partial charge in [-0.1, -0.05) is 6.92 Å². The number of carbonyl (C=O) groups is 1. The second-order valence-electron chi connectivity index (χ2n) is 9.54. The Morgan fingerprint density at radius 2 is 1.81 bits per heavy atom. The maximum absolute atomic E-state index is 12.6. The molecule has 0 N–H and O–H groups in total. The summed E-state index contributed by atoms with van der Waals surface area (Å²) in [6.07, 6.45) is 9.05. The van der Waals surface area contributed by atoms with Crippen LogP contribution in [0.2, 0.25) is 0 Å². The summed E-state index contributed by atoms with van der Waals surface area (Å²) in [5, 5.41) is 0. The molecule has 26 heavy (non-hydrogen) atoms. The van der Waals surface area contributed by atoms with E-state index in [0.29, 0.717) is 23.0 Å². The average Bonchev–Trinajstić information content (AvgIpc) is 3.31. The maximum Gasteiger partial charge on any atom is 0.171 e. The molecular weight excluding hydrogens is 332 g/mol. The molecular formula is C21H32O5. The van der Waals surface area contributed by atoms with Crippen molar-refractivity contribution in [3.63, 3.8) is 0 Å². The molecule has 2 spiro atoms. The van der Waals surface area contributed by atoms with Gasteiger partial charge < -0.3 is 18.9 Å². The van der Waals surface area contributed by atoms with Crippen molar-refractivity contribution in [2.24, 2.45) is 22.7 Å². The van der Waals surface area contributed by atoms with Crippen LogP contribution in [0.25, 0.3) is 0 Å². The summed E-state index contributed by atoms with van der Waals surface area (Å²) in [6, 6.07) is 0. The van der Waals surface area contributed by atoms with Gasteiger partial charge in [0.2, 0.25) is 0 Å². The van der Waals surface area contributed by atoms with Gasteiger partial charge in [-0.15, -0.1) is 0 Å². The first kappa shape index (κ1) is 17.6. The average molecular weight is 364 g/mol. The summed E-state index contributed by atoms with van der Waals surface area (Å²) in [4.78, 5) is 12.6. The highest BCUT2D eigenvalue weighted by atomic mass is 16.7. The predicted octanol–water partition coefficient (Wildman–Crippen LogP) is 3.45. The number of hydrogen-bond donors (Lipinski definition) is 0. The van der Waals surface area contributed by atoms with E-state index in [4.69, 9.17) is 18.9 Å². The summed E-state index contributed by atoms with van der Waals surface area (Å²) >= 11 is 0. The van der Waals surface area contributed by atoms with Crippen molar-refractivity contribution in [2.75, 3.05) is 26.4 Å². The molecule has 2 bridgehead atoms. The zero-order valence-corrected chi connectivity index (χ0v) is 16.0. The number of Topliss-reactive ketones (excluding diaryl/α,β-unsaturated/α-hetero) is 1.